The molecule has 2 unspecified atom stereocenters. The van der Waals surface area contributed by atoms with Crippen LogP contribution in [0.2, 0.25) is 0 Å². The van der Waals surface area contributed by atoms with Crippen molar-refractivity contribution in [3.63, 3.8) is 0 Å². The first-order valence-corrected chi connectivity index (χ1v) is 10.4. The zero-order chi connectivity index (χ0) is 17.6. The normalized spacial score (nSPS) is 23.1. The molecule has 1 aromatic rings. The number of nitrogens with one attached hydrogen (secondary N) is 1. The highest BCUT2D eigenvalue weighted by Crippen LogP contribution is 2.37. The van der Waals surface area contributed by atoms with Crippen molar-refractivity contribution in [3.05, 3.63) is 24.3 Å². The van der Waals surface area contributed by atoms with Crippen molar-refractivity contribution < 1.29 is 9.53 Å². The monoisotopic (exact) mass is 362 g/mol. The summed E-state index contributed by atoms with van der Waals surface area (Å²) in [4.78, 5) is 16.1. The number of piperidine rings is 1. The average molecular weight is 363 g/mol. The molecule has 1 aromatic carbocycles. The number of likely N-dealkylation sites (tertiary alicyclic amines) is 1. The van der Waals surface area contributed by atoms with Gasteiger partial charge < -0.3 is 15.0 Å². The number of para-hydroxylation sites is 1. The second kappa shape index (κ2) is 9.06. The van der Waals surface area contributed by atoms with Crippen LogP contribution in [-0.4, -0.2) is 48.4 Å². The second-order valence-corrected chi connectivity index (χ2v) is 8.55. The average Bonchev–Trinajstić information content (AvgIpc) is 2.62. The van der Waals surface area contributed by atoms with E-state index in [-0.39, 0.29) is 11.2 Å². The van der Waals surface area contributed by atoms with Gasteiger partial charge in [-0.2, -0.15) is 0 Å². The molecule has 0 bridgehead atoms. The second-order valence-electron chi connectivity index (χ2n) is 7.30. The molecule has 138 valence electrons. The predicted molar refractivity (Wildman–Crippen MR) is 104 cm³/mol. The smallest absolute Gasteiger partial charge is 0.237 e. The number of amides is 1. The van der Waals surface area contributed by atoms with Gasteiger partial charge in [0.1, 0.15) is 0 Å². The van der Waals surface area contributed by atoms with E-state index in [9.17, 15) is 4.79 Å². The summed E-state index contributed by atoms with van der Waals surface area (Å²) in [6.45, 7) is 8.63. The van der Waals surface area contributed by atoms with Gasteiger partial charge >= 0.3 is 0 Å². The summed E-state index contributed by atoms with van der Waals surface area (Å²) in [7, 11) is 0. The molecule has 3 rings (SSSR count). The van der Waals surface area contributed by atoms with Crippen molar-refractivity contribution >= 4 is 23.4 Å². The molecule has 4 nitrogen and oxygen atoms in total. The van der Waals surface area contributed by atoms with Gasteiger partial charge in [-0.05, 0) is 43.7 Å². The van der Waals surface area contributed by atoms with Gasteiger partial charge in [0, 0.05) is 31.1 Å². The molecule has 1 amide bonds. The van der Waals surface area contributed by atoms with Gasteiger partial charge in [-0.25, -0.2) is 0 Å². The number of carbonyl (C=O) groups excluding carboxylic acids is 1. The first kappa shape index (κ1) is 18.7. The van der Waals surface area contributed by atoms with Crippen LogP contribution in [0.4, 0.5) is 5.69 Å². The Morgan fingerprint density at radius 2 is 2.08 bits per heavy atom. The van der Waals surface area contributed by atoms with E-state index < -0.39 is 0 Å². The molecule has 0 aromatic heterocycles. The predicted octanol–water partition coefficient (Wildman–Crippen LogP) is 4.02. The molecular formula is C20H30N2O2S. The SMILES string of the molecule is CCCOC1CCN(CC(C)CC2Sc3ccccc3NC2=O)CC1. The summed E-state index contributed by atoms with van der Waals surface area (Å²) >= 11 is 1.71. The number of anilines is 1. The minimum Gasteiger partial charge on any atom is -0.378 e. The van der Waals surface area contributed by atoms with Crippen molar-refractivity contribution in [2.75, 3.05) is 31.6 Å². The van der Waals surface area contributed by atoms with E-state index in [1.165, 1.54) is 4.90 Å². The fraction of sp³-hybridized carbons (Fsp3) is 0.650. The van der Waals surface area contributed by atoms with Crippen molar-refractivity contribution in [1.29, 1.82) is 0 Å². The van der Waals surface area contributed by atoms with Crippen LogP contribution in [-0.2, 0) is 9.53 Å². The standard InChI is InChI=1S/C20H30N2O2S/c1-3-12-24-16-8-10-22(11-9-16)14-15(2)13-19-20(23)21-17-6-4-5-7-18(17)25-19/h4-7,15-16,19H,3,8-14H2,1-2H3,(H,21,23). The Kier molecular flexibility index (Phi) is 6.79. The molecule has 5 heteroatoms. The van der Waals surface area contributed by atoms with Crippen LogP contribution in [0.1, 0.15) is 39.5 Å². The molecule has 2 aliphatic rings. The van der Waals surface area contributed by atoms with E-state index >= 15 is 0 Å². The van der Waals surface area contributed by atoms with Crippen LogP contribution < -0.4 is 5.32 Å². The largest absolute Gasteiger partial charge is 0.378 e. The van der Waals surface area contributed by atoms with E-state index in [0.29, 0.717) is 12.0 Å². The topological polar surface area (TPSA) is 41.6 Å². The van der Waals surface area contributed by atoms with Gasteiger partial charge in [-0.3, -0.25) is 4.79 Å². The molecule has 0 saturated carbocycles. The van der Waals surface area contributed by atoms with Gasteiger partial charge in [-0.1, -0.05) is 26.0 Å². The maximum atomic E-state index is 12.4. The van der Waals surface area contributed by atoms with Crippen molar-refractivity contribution in [1.82, 2.24) is 4.90 Å². The van der Waals surface area contributed by atoms with E-state index in [2.05, 4.69) is 30.1 Å². The molecule has 2 atom stereocenters. The summed E-state index contributed by atoms with van der Waals surface area (Å²) in [5, 5.41) is 3.08. The highest BCUT2D eigenvalue weighted by atomic mass is 32.2. The molecular weight excluding hydrogens is 332 g/mol. The van der Waals surface area contributed by atoms with Crippen molar-refractivity contribution in [3.8, 4) is 0 Å². The third kappa shape index (κ3) is 5.22. The van der Waals surface area contributed by atoms with Gasteiger partial charge in [0.15, 0.2) is 0 Å². The van der Waals surface area contributed by atoms with Crippen molar-refractivity contribution in [2.45, 2.75) is 55.8 Å². The Hall–Kier alpha value is -1.04. The number of hydrogen-bond donors (Lipinski definition) is 1. The zero-order valence-electron chi connectivity index (χ0n) is 15.4. The molecule has 1 saturated heterocycles. The van der Waals surface area contributed by atoms with Crippen LogP contribution in [0, 0.1) is 5.92 Å². The minimum absolute atomic E-state index is 0.0235. The van der Waals surface area contributed by atoms with E-state index in [4.69, 9.17) is 4.74 Å². The van der Waals surface area contributed by atoms with Crippen LogP contribution in [0.5, 0.6) is 0 Å². The van der Waals surface area contributed by atoms with Gasteiger partial charge in [0.05, 0.1) is 17.0 Å². The summed E-state index contributed by atoms with van der Waals surface area (Å²) in [5.41, 5.74) is 0.954. The number of rotatable bonds is 7. The van der Waals surface area contributed by atoms with Crippen LogP contribution in [0.3, 0.4) is 0 Å². The van der Waals surface area contributed by atoms with E-state index in [0.717, 1.165) is 57.6 Å². The van der Waals surface area contributed by atoms with E-state index in [1.807, 2.05) is 18.2 Å². The Bertz CT molecular complexity index is 573. The lowest BCUT2D eigenvalue weighted by Crippen LogP contribution is -2.40. The molecule has 2 heterocycles. The molecule has 2 aliphatic heterocycles. The minimum atomic E-state index is 0.0235. The highest BCUT2D eigenvalue weighted by molar-refractivity contribution is 8.01. The number of benzene rings is 1. The lowest BCUT2D eigenvalue weighted by molar-refractivity contribution is -0.116. The Morgan fingerprint density at radius 3 is 2.84 bits per heavy atom. The summed E-state index contributed by atoms with van der Waals surface area (Å²) in [6, 6.07) is 8.08. The summed E-state index contributed by atoms with van der Waals surface area (Å²) < 4.78 is 5.87. The summed E-state index contributed by atoms with van der Waals surface area (Å²) in [6.07, 6.45) is 4.75. The molecule has 1 N–H and O–H groups in total. The van der Waals surface area contributed by atoms with Crippen LogP contribution in [0.25, 0.3) is 0 Å². The first-order valence-electron chi connectivity index (χ1n) is 9.56. The number of fused-ring (bicyclic) bond motifs is 1. The number of ether oxygens (including phenoxy) is 1. The van der Waals surface area contributed by atoms with Crippen LogP contribution in [0.15, 0.2) is 29.2 Å². The number of carbonyl (C=O) groups is 1. The van der Waals surface area contributed by atoms with Gasteiger partial charge in [0.25, 0.3) is 0 Å². The zero-order valence-corrected chi connectivity index (χ0v) is 16.2. The summed E-state index contributed by atoms with van der Waals surface area (Å²) in [5.74, 6) is 0.670. The fourth-order valence-corrected chi connectivity index (χ4v) is 4.97. The molecule has 1 fully saturated rings. The van der Waals surface area contributed by atoms with Gasteiger partial charge in [-0.15, -0.1) is 11.8 Å². The lowest BCUT2D eigenvalue weighted by atomic mass is 10.0. The fourth-order valence-electron chi connectivity index (χ4n) is 3.67. The Morgan fingerprint density at radius 1 is 1.32 bits per heavy atom. The third-order valence-electron chi connectivity index (χ3n) is 4.99. The Balaban J connectivity index is 1.44. The van der Waals surface area contributed by atoms with Crippen molar-refractivity contribution in [2.24, 2.45) is 5.92 Å². The first-order chi connectivity index (χ1) is 12.2. The molecule has 0 spiro atoms. The van der Waals surface area contributed by atoms with Crippen LogP contribution >= 0.6 is 11.8 Å². The molecule has 25 heavy (non-hydrogen) atoms. The quantitative estimate of drug-likeness (QED) is 0.795. The third-order valence-corrected chi connectivity index (χ3v) is 6.29. The molecule has 0 radical (unpaired) electrons. The molecule has 0 aliphatic carbocycles. The maximum Gasteiger partial charge on any atom is 0.237 e. The van der Waals surface area contributed by atoms with Gasteiger partial charge in [0.2, 0.25) is 5.91 Å². The van der Waals surface area contributed by atoms with E-state index in [1.54, 1.807) is 11.8 Å². The number of nitrogens with zero attached hydrogens (tertiary/aromatic N) is 1. The maximum absolute atomic E-state index is 12.4. The lowest BCUT2D eigenvalue weighted by Gasteiger charge is -2.34. The number of hydrogen-bond acceptors (Lipinski definition) is 4. The number of thioether (sulfide) groups is 1. The highest BCUT2D eigenvalue weighted by Gasteiger charge is 2.29. The Labute approximate surface area is 155 Å².